The third kappa shape index (κ3) is 4.46. The second-order valence-electron chi connectivity index (χ2n) is 3.87. The van der Waals surface area contributed by atoms with Crippen molar-refractivity contribution in [1.29, 1.82) is 0 Å². The third-order valence-corrected chi connectivity index (χ3v) is 3.23. The molecule has 1 heterocycles. The third-order valence-electron chi connectivity index (χ3n) is 2.38. The molecule has 2 aromatic rings. The zero-order chi connectivity index (χ0) is 13.5. The highest BCUT2D eigenvalue weighted by Crippen LogP contribution is 2.27. The van der Waals surface area contributed by atoms with Crippen LogP contribution < -0.4 is 9.47 Å². The maximum atomic E-state index is 9.62. The van der Waals surface area contributed by atoms with Gasteiger partial charge in [-0.25, -0.2) is 0 Å². The predicted octanol–water partition coefficient (Wildman–Crippen LogP) is 3.06. The van der Waals surface area contributed by atoms with Crippen molar-refractivity contribution in [3.05, 3.63) is 40.6 Å². The number of phenols is 1. The summed E-state index contributed by atoms with van der Waals surface area (Å²) in [6.07, 6.45) is 0. The Morgan fingerprint density at radius 1 is 1.11 bits per heavy atom. The summed E-state index contributed by atoms with van der Waals surface area (Å²) in [5.41, 5.74) is 0. The molecule has 0 bridgehead atoms. The molecular weight excluding hydrogens is 264 g/mol. The molecular formula is C14H16O4S. The van der Waals surface area contributed by atoms with Gasteiger partial charge in [0.25, 0.3) is 0 Å². The van der Waals surface area contributed by atoms with Crippen LogP contribution in [-0.4, -0.2) is 25.4 Å². The van der Waals surface area contributed by atoms with Crippen molar-refractivity contribution in [1.82, 2.24) is 0 Å². The zero-order valence-corrected chi connectivity index (χ0v) is 11.5. The van der Waals surface area contributed by atoms with Gasteiger partial charge in [0.05, 0.1) is 6.61 Å². The number of aromatic hydroxyl groups is 1. The van der Waals surface area contributed by atoms with Gasteiger partial charge in [-0.3, -0.25) is 0 Å². The molecule has 0 unspecified atom stereocenters. The first-order chi connectivity index (χ1) is 9.28. The molecule has 0 saturated carbocycles. The number of ether oxygens (including phenoxy) is 3. The van der Waals surface area contributed by atoms with Crippen molar-refractivity contribution in [3.63, 3.8) is 0 Å². The van der Waals surface area contributed by atoms with Crippen LogP contribution in [0.2, 0.25) is 0 Å². The van der Waals surface area contributed by atoms with Gasteiger partial charge in [-0.15, -0.1) is 11.3 Å². The molecule has 0 fully saturated rings. The van der Waals surface area contributed by atoms with Crippen molar-refractivity contribution >= 4 is 11.3 Å². The van der Waals surface area contributed by atoms with Crippen LogP contribution in [0.15, 0.2) is 35.7 Å². The summed E-state index contributed by atoms with van der Waals surface area (Å²) >= 11 is 1.63. The van der Waals surface area contributed by atoms with Crippen molar-refractivity contribution in [2.45, 2.75) is 6.61 Å². The van der Waals surface area contributed by atoms with E-state index < -0.39 is 0 Å². The van der Waals surface area contributed by atoms with Crippen LogP contribution in [0.5, 0.6) is 17.2 Å². The molecule has 0 atom stereocenters. The Morgan fingerprint density at radius 2 is 1.89 bits per heavy atom. The van der Waals surface area contributed by atoms with E-state index >= 15 is 0 Å². The van der Waals surface area contributed by atoms with Crippen LogP contribution in [0.25, 0.3) is 0 Å². The van der Waals surface area contributed by atoms with Crippen LogP contribution in [0.3, 0.4) is 0 Å². The summed E-state index contributed by atoms with van der Waals surface area (Å²) in [5, 5.41) is 11.6. The van der Waals surface area contributed by atoms with Gasteiger partial charge in [-0.1, -0.05) is 6.07 Å². The number of benzene rings is 1. The van der Waals surface area contributed by atoms with Crippen LogP contribution in [-0.2, 0) is 11.3 Å². The molecule has 0 spiro atoms. The Labute approximate surface area is 116 Å². The van der Waals surface area contributed by atoms with Gasteiger partial charge in [0.1, 0.15) is 30.5 Å². The van der Waals surface area contributed by atoms with E-state index in [0.29, 0.717) is 31.3 Å². The fourth-order valence-electron chi connectivity index (χ4n) is 1.52. The van der Waals surface area contributed by atoms with Crippen molar-refractivity contribution in [2.75, 3.05) is 20.3 Å². The van der Waals surface area contributed by atoms with E-state index in [4.69, 9.17) is 14.2 Å². The highest BCUT2D eigenvalue weighted by Gasteiger charge is 2.03. The largest absolute Gasteiger partial charge is 0.508 e. The van der Waals surface area contributed by atoms with Gasteiger partial charge in [-0.05, 0) is 11.4 Å². The summed E-state index contributed by atoms with van der Waals surface area (Å²) in [6.45, 7) is 1.42. The molecule has 0 aliphatic rings. The molecule has 0 saturated heterocycles. The summed E-state index contributed by atoms with van der Waals surface area (Å²) in [5.74, 6) is 1.27. The molecule has 4 nitrogen and oxygen atoms in total. The first-order valence-electron chi connectivity index (χ1n) is 5.89. The standard InChI is InChI=1S/C14H16O4S/c1-16-4-5-17-12-7-11(15)8-13(9-12)18-10-14-3-2-6-19-14/h2-3,6-9,15H,4-5,10H2,1H3. The Kier molecular flexibility index (Phi) is 5.06. The number of hydrogen-bond donors (Lipinski definition) is 1. The topological polar surface area (TPSA) is 47.9 Å². The van der Waals surface area contributed by atoms with Crippen LogP contribution in [0, 0.1) is 0 Å². The Balaban J connectivity index is 1.95. The fraction of sp³-hybridized carbons (Fsp3) is 0.286. The number of hydrogen-bond acceptors (Lipinski definition) is 5. The normalized spacial score (nSPS) is 10.4. The second-order valence-corrected chi connectivity index (χ2v) is 4.90. The second kappa shape index (κ2) is 7.01. The first-order valence-corrected chi connectivity index (χ1v) is 6.77. The highest BCUT2D eigenvalue weighted by molar-refractivity contribution is 7.09. The fourth-order valence-corrected chi connectivity index (χ4v) is 2.13. The van der Waals surface area contributed by atoms with Crippen molar-refractivity contribution < 1.29 is 19.3 Å². The Morgan fingerprint density at radius 3 is 2.58 bits per heavy atom. The van der Waals surface area contributed by atoms with Crippen LogP contribution >= 0.6 is 11.3 Å². The molecule has 2 rings (SSSR count). The molecule has 102 valence electrons. The number of phenolic OH excluding ortho intramolecular Hbond substituents is 1. The maximum Gasteiger partial charge on any atom is 0.127 e. The summed E-state index contributed by atoms with van der Waals surface area (Å²) in [6, 6.07) is 8.85. The molecule has 0 radical (unpaired) electrons. The summed E-state index contributed by atoms with van der Waals surface area (Å²) in [4.78, 5) is 1.13. The molecule has 1 aromatic heterocycles. The molecule has 0 aliphatic carbocycles. The van der Waals surface area contributed by atoms with Gasteiger partial charge >= 0.3 is 0 Å². The smallest absolute Gasteiger partial charge is 0.127 e. The number of rotatable bonds is 7. The van der Waals surface area contributed by atoms with Gasteiger partial charge in [0.2, 0.25) is 0 Å². The molecule has 19 heavy (non-hydrogen) atoms. The van der Waals surface area contributed by atoms with E-state index in [1.165, 1.54) is 0 Å². The quantitative estimate of drug-likeness (QED) is 0.792. The van der Waals surface area contributed by atoms with Crippen LogP contribution in [0.1, 0.15) is 4.88 Å². The summed E-state index contributed by atoms with van der Waals surface area (Å²) in [7, 11) is 1.61. The lowest BCUT2D eigenvalue weighted by Crippen LogP contribution is -2.04. The van der Waals surface area contributed by atoms with Crippen molar-refractivity contribution in [3.8, 4) is 17.2 Å². The number of thiophene rings is 1. The molecule has 0 aliphatic heterocycles. The van der Waals surface area contributed by atoms with E-state index in [2.05, 4.69) is 0 Å². The number of methoxy groups -OCH3 is 1. The summed E-state index contributed by atoms with van der Waals surface area (Å²) < 4.78 is 16.0. The van der Waals surface area contributed by atoms with E-state index in [-0.39, 0.29) is 5.75 Å². The lowest BCUT2D eigenvalue weighted by molar-refractivity contribution is 0.146. The Bertz CT molecular complexity index is 496. The molecule has 1 aromatic carbocycles. The van der Waals surface area contributed by atoms with Gasteiger partial charge in [-0.2, -0.15) is 0 Å². The molecule has 5 heteroatoms. The van der Waals surface area contributed by atoms with Crippen LogP contribution in [0.4, 0.5) is 0 Å². The Hall–Kier alpha value is -1.72. The highest BCUT2D eigenvalue weighted by atomic mass is 32.1. The zero-order valence-electron chi connectivity index (χ0n) is 10.7. The van der Waals surface area contributed by atoms with E-state index in [9.17, 15) is 5.11 Å². The minimum atomic E-state index is 0.121. The predicted molar refractivity (Wildman–Crippen MR) is 74.1 cm³/mol. The SMILES string of the molecule is COCCOc1cc(O)cc(OCc2cccs2)c1. The minimum Gasteiger partial charge on any atom is -0.508 e. The van der Waals surface area contributed by atoms with Gasteiger partial charge in [0.15, 0.2) is 0 Å². The minimum absolute atomic E-state index is 0.121. The lowest BCUT2D eigenvalue weighted by atomic mass is 10.3. The van der Waals surface area contributed by atoms with E-state index in [1.807, 2.05) is 17.5 Å². The average Bonchev–Trinajstić information content (AvgIpc) is 2.89. The van der Waals surface area contributed by atoms with Gasteiger partial charge in [0, 0.05) is 30.2 Å². The van der Waals surface area contributed by atoms with Crippen molar-refractivity contribution in [2.24, 2.45) is 0 Å². The average molecular weight is 280 g/mol. The van der Waals surface area contributed by atoms with E-state index in [0.717, 1.165) is 4.88 Å². The first kappa shape index (κ1) is 13.7. The van der Waals surface area contributed by atoms with E-state index in [1.54, 1.807) is 36.6 Å². The monoisotopic (exact) mass is 280 g/mol. The molecule has 0 amide bonds. The lowest BCUT2D eigenvalue weighted by Gasteiger charge is -2.09. The maximum absolute atomic E-state index is 9.62. The molecule has 1 N–H and O–H groups in total. The van der Waals surface area contributed by atoms with Gasteiger partial charge < -0.3 is 19.3 Å².